The second kappa shape index (κ2) is 4.04. The molecule has 0 amide bonds. The lowest BCUT2D eigenvalue weighted by atomic mass is 10.1. The van der Waals surface area contributed by atoms with Gasteiger partial charge in [-0.15, -0.1) is 0 Å². The maximum Gasteiger partial charge on any atom is 0.0371 e. The molecule has 1 nitrogen and oxygen atoms in total. The first-order chi connectivity index (χ1) is 6.79. The number of hydrogen-bond donors (Lipinski definition) is 0. The minimum atomic E-state index is 1.14. The standard InChI is InChI=1S/C13H19N/c1-3-12-8-11(2)9-13(10-12)14-6-4-5-7-14/h8-10H,3-7H2,1-2H3. The first-order valence-corrected chi connectivity index (χ1v) is 5.65. The molecule has 1 aromatic carbocycles. The molecule has 76 valence electrons. The molecule has 1 aromatic rings. The lowest BCUT2D eigenvalue weighted by Gasteiger charge is -2.19. The van der Waals surface area contributed by atoms with E-state index in [4.69, 9.17) is 0 Å². The minimum Gasteiger partial charge on any atom is -0.372 e. The summed E-state index contributed by atoms with van der Waals surface area (Å²) in [5.41, 5.74) is 4.29. The smallest absolute Gasteiger partial charge is 0.0371 e. The highest BCUT2D eigenvalue weighted by molar-refractivity contribution is 5.51. The monoisotopic (exact) mass is 189 g/mol. The lowest BCUT2D eigenvalue weighted by molar-refractivity contribution is 0.949. The van der Waals surface area contributed by atoms with Crippen LogP contribution in [0.3, 0.4) is 0 Å². The van der Waals surface area contributed by atoms with Crippen molar-refractivity contribution in [2.45, 2.75) is 33.1 Å². The van der Waals surface area contributed by atoms with Crippen molar-refractivity contribution < 1.29 is 0 Å². The molecule has 0 radical (unpaired) electrons. The summed E-state index contributed by atoms with van der Waals surface area (Å²) in [6.07, 6.45) is 3.85. The number of rotatable bonds is 2. The van der Waals surface area contributed by atoms with Crippen LogP contribution < -0.4 is 4.90 Å². The Balaban J connectivity index is 2.27. The maximum absolute atomic E-state index is 2.51. The molecule has 1 heteroatoms. The summed E-state index contributed by atoms with van der Waals surface area (Å²) in [6, 6.07) is 6.95. The quantitative estimate of drug-likeness (QED) is 0.690. The second-order valence-electron chi connectivity index (χ2n) is 4.22. The van der Waals surface area contributed by atoms with E-state index in [1.165, 1.54) is 42.7 Å². The Morgan fingerprint density at radius 1 is 1.14 bits per heavy atom. The van der Waals surface area contributed by atoms with Crippen molar-refractivity contribution in [1.82, 2.24) is 0 Å². The highest BCUT2D eigenvalue weighted by Gasteiger charge is 2.12. The van der Waals surface area contributed by atoms with Crippen LogP contribution in [0, 0.1) is 6.92 Å². The van der Waals surface area contributed by atoms with Crippen molar-refractivity contribution in [3.05, 3.63) is 29.3 Å². The normalized spacial score (nSPS) is 16.3. The molecule has 0 N–H and O–H groups in total. The predicted molar refractivity (Wildman–Crippen MR) is 62.0 cm³/mol. The minimum absolute atomic E-state index is 1.14. The molecule has 1 aliphatic heterocycles. The van der Waals surface area contributed by atoms with Crippen LogP contribution in [-0.2, 0) is 6.42 Å². The van der Waals surface area contributed by atoms with Gasteiger partial charge < -0.3 is 4.90 Å². The van der Waals surface area contributed by atoms with Crippen molar-refractivity contribution in [1.29, 1.82) is 0 Å². The molecule has 1 saturated heterocycles. The zero-order valence-electron chi connectivity index (χ0n) is 9.21. The van der Waals surface area contributed by atoms with Crippen LogP contribution in [-0.4, -0.2) is 13.1 Å². The lowest BCUT2D eigenvalue weighted by Crippen LogP contribution is -2.17. The van der Waals surface area contributed by atoms with Gasteiger partial charge in [-0.1, -0.05) is 13.0 Å². The van der Waals surface area contributed by atoms with Crippen molar-refractivity contribution in [2.75, 3.05) is 18.0 Å². The van der Waals surface area contributed by atoms with E-state index in [1.54, 1.807) is 0 Å². The van der Waals surface area contributed by atoms with Crippen LogP contribution in [0.1, 0.15) is 30.9 Å². The topological polar surface area (TPSA) is 3.24 Å². The Bertz CT molecular complexity index is 311. The summed E-state index contributed by atoms with van der Waals surface area (Å²) in [4.78, 5) is 2.51. The van der Waals surface area contributed by atoms with Gasteiger partial charge in [0.25, 0.3) is 0 Å². The van der Waals surface area contributed by atoms with E-state index in [-0.39, 0.29) is 0 Å². The molecule has 14 heavy (non-hydrogen) atoms. The number of anilines is 1. The van der Waals surface area contributed by atoms with Gasteiger partial charge in [0.05, 0.1) is 0 Å². The van der Waals surface area contributed by atoms with Crippen LogP contribution in [0.25, 0.3) is 0 Å². The summed E-state index contributed by atoms with van der Waals surface area (Å²) in [5.74, 6) is 0. The van der Waals surface area contributed by atoms with E-state index in [9.17, 15) is 0 Å². The fourth-order valence-corrected chi connectivity index (χ4v) is 2.20. The maximum atomic E-state index is 2.51. The Kier molecular flexibility index (Phi) is 2.76. The molecule has 0 atom stereocenters. The van der Waals surface area contributed by atoms with Crippen molar-refractivity contribution in [3.63, 3.8) is 0 Å². The fraction of sp³-hybridized carbons (Fsp3) is 0.538. The molecule has 2 rings (SSSR count). The summed E-state index contributed by atoms with van der Waals surface area (Å²) < 4.78 is 0. The summed E-state index contributed by atoms with van der Waals surface area (Å²) in [6.45, 7) is 6.90. The fourth-order valence-electron chi connectivity index (χ4n) is 2.20. The molecule has 0 aromatic heterocycles. The Morgan fingerprint density at radius 3 is 2.50 bits per heavy atom. The second-order valence-corrected chi connectivity index (χ2v) is 4.22. The molecule has 0 unspecified atom stereocenters. The van der Waals surface area contributed by atoms with E-state index in [0.29, 0.717) is 0 Å². The van der Waals surface area contributed by atoms with Gasteiger partial charge >= 0.3 is 0 Å². The van der Waals surface area contributed by atoms with Gasteiger partial charge in [0.1, 0.15) is 0 Å². The summed E-state index contributed by atoms with van der Waals surface area (Å²) >= 11 is 0. The number of nitrogens with zero attached hydrogens (tertiary/aromatic N) is 1. The van der Waals surface area contributed by atoms with Crippen molar-refractivity contribution in [3.8, 4) is 0 Å². The van der Waals surface area contributed by atoms with Gasteiger partial charge in [0.15, 0.2) is 0 Å². The highest BCUT2D eigenvalue weighted by Crippen LogP contribution is 2.23. The third-order valence-electron chi connectivity index (χ3n) is 3.00. The van der Waals surface area contributed by atoms with Gasteiger partial charge in [0, 0.05) is 18.8 Å². The van der Waals surface area contributed by atoms with Crippen LogP contribution in [0.15, 0.2) is 18.2 Å². The van der Waals surface area contributed by atoms with Crippen LogP contribution in [0.5, 0.6) is 0 Å². The van der Waals surface area contributed by atoms with Gasteiger partial charge in [-0.05, 0) is 49.4 Å². The van der Waals surface area contributed by atoms with E-state index >= 15 is 0 Å². The number of benzene rings is 1. The molecular weight excluding hydrogens is 170 g/mol. The van der Waals surface area contributed by atoms with Gasteiger partial charge in [-0.2, -0.15) is 0 Å². The average Bonchev–Trinajstić information content (AvgIpc) is 2.69. The van der Waals surface area contributed by atoms with E-state index in [1.807, 2.05) is 0 Å². The summed E-state index contributed by atoms with van der Waals surface area (Å²) in [7, 11) is 0. The number of hydrogen-bond acceptors (Lipinski definition) is 1. The molecule has 0 aliphatic carbocycles. The van der Waals surface area contributed by atoms with Crippen LogP contribution >= 0.6 is 0 Å². The first kappa shape index (κ1) is 9.57. The third-order valence-corrected chi connectivity index (χ3v) is 3.00. The largest absolute Gasteiger partial charge is 0.372 e. The molecule has 1 fully saturated rings. The third kappa shape index (κ3) is 1.92. The molecular formula is C13H19N. The zero-order chi connectivity index (χ0) is 9.97. The van der Waals surface area contributed by atoms with Crippen LogP contribution in [0.4, 0.5) is 5.69 Å². The van der Waals surface area contributed by atoms with Crippen LogP contribution in [0.2, 0.25) is 0 Å². The Morgan fingerprint density at radius 2 is 1.86 bits per heavy atom. The first-order valence-electron chi connectivity index (χ1n) is 5.65. The van der Waals surface area contributed by atoms with Gasteiger partial charge in [-0.25, -0.2) is 0 Å². The predicted octanol–water partition coefficient (Wildman–Crippen LogP) is 3.16. The van der Waals surface area contributed by atoms with E-state index < -0.39 is 0 Å². The zero-order valence-corrected chi connectivity index (χ0v) is 9.21. The van der Waals surface area contributed by atoms with E-state index in [2.05, 4.69) is 36.9 Å². The Hall–Kier alpha value is -0.980. The summed E-state index contributed by atoms with van der Waals surface area (Å²) in [5, 5.41) is 0. The van der Waals surface area contributed by atoms with Crippen molar-refractivity contribution in [2.24, 2.45) is 0 Å². The average molecular weight is 189 g/mol. The number of aryl methyl sites for hydroxylation is 2. The molecule has 0 saturated carbocycles. The van der Waals surface area contributed by atoms with Crippen molar-refractivity contribution >= 4 is 5.69 Å². The molecule has 0 bridgehead atoms. The van der Waals surface area contributed by atoms with Gasteiger partial charge in [-0.3, -0.25) is 0 Å². The Labute approximate surface area is 86.7 Å². The SMILES string of the molecule is CCc1cc(C)cc(N2CCCC2)c1. The molecule has 1 aliphatic rings. The van der Waals surface area contributed by atoms with Gasteiger partial charge in [0.2, 0.25) is 0 Å². The highest BCUT2D eigenvalue weighted by atomic mass is 15.1. The molecule has 1 heterocycles. The molecule has 0 spiro atoms. The van der Waals surface area contributed by atoms with E-state index in [0.717, 1.165) is 6.42 Å².